The lowest BCUT2D eigenvalue weighted by molar-refractivity contribution is 0.186. The zero-order valence-electron chi connectivity index (χ0n) is 10.4. The third-order valence-corrected chi connectivity index (χ3v) is 3.14. The molecule has 1 saturated carbocycles. The van der Waals surface area contributed by atoms with Gasteiger partial charge in [0.15, 0.2) is 0 Å². The average molecular weight is 249 g/mol. The first-order valence-corrected chi connectivity index (χ1v) is 6.12. The Morgan fingerprint density at radius 1 is 1.50 bits per heavy atom. The van der Waals surface area contributed by atoms with Crippen LogP contribution in [0.3, 0.4) is 0 Å². The highest BCUT2D eigenvalue weighted by Crippen LogP contribution is 2.47. The molecule has 0 saturated heterocycles. The number of urea groups is 1. The van der Waals surface area contributed by atoms with Crippen molar-refractivity contribution in [2.45, 2.75) is 31.4 Å². The molecule has 0 radical (unpaired) electrons. The summed E-state index contributed by atoms with van der Waals surface area (Å²) in [6.45, 7) is 1.87. The summed E-state index contributed by atoms with van der Waals surface area (Å²) >= 11 is 0. The van der Waals surface area contributed by atoms with Gasteiger partial charge in [0.1, 0.15) is 0 Å². The van der Waals surface area contributed by atoms with E-state index in [4.69, 9.17) is 10.8 Å². The fraction of sp³-hybridized carbons (Fsp3) is 0.462. The van der Waals surface area contributed by atoms with E-state index in [2.05, 4.69) is 10.6 Å². The van der Waals surface area contributed by atoms with E-state index in [0.717, 1.165) is 18.4 Å². The molecule has 0 bridgehead atoms. The first kappa shape index (κ1) is 12.7. The summed E-state index contributed by atoms with van der Waals surface area (Å²) in [5, 5.41) is 14.7. The van der Waals surface area contributed by atoms with Crippen molar-refractivity contribution in [3.8, 4) is 0 Å². The topological polar surface area (TPSA) is 87.4 Å². The van der Waals surface area contributed by atoms with E-state index < -0.39 is 6.10 Å². The number of benzene rings is 1. The Balaban J connectivity index is 2.01. The van der Waals surface area contributed by atoms with Crippen LogP contribution >= 0.6 is 0 Å². The van der Waals surface area contributed by atoms with Gasteiger partial charge in [-0.15, -0.1) is 0 Å². The zero-order chi connectivity index (χ0) is 13.2. The van der Waals surface area contributed by atoms with Crippen LogP contribution in [0, 0.1) is 0 Å². The highest BCUT2D eigenvalue weighted by molar-refractivity contribution is 5.76. The van der Waals surface area contributed by atoms with Gasteiger partial charge in [-0.3, -0.25) is 0 Å². The summed E-state index contributed by atoms with van der Waals surface area (Å²) in [5.41, 5.74) is 7.28. The lowest BCUT2D eigenvalue weighted by atomic mass is 10.0. The lowest BCUT2D eigenvalue weighted by Crippen LogP contribution is -2.44. The monoisotopic (exact) mass is 249 g/mol. The normalized spacial score (nSPS) is 17.9. The number of nitrogens with two attached hydrogens (primary N) is 1. The van der Waals surface area contributed by atoms with Gasteiger partial charge in [0.2, 0.25) is 0 Å². The SMILES string of the molecule is CC(O)CNC(=O)NC1(c2ccccc2N)CC1. The van der Waals surface area contributed by atoms with E-state index in [1.54, 1.807) is 6.92 Å². The van der Waals surface area contributed by atoms with Crippen LogP contribution in [0.4, 0.5) is 10.5 Å². The summed E-state index contributed by atoms with van der Waals surface area (Å²) in [4.78, 5) is 11.7. The molecule has 0 heterocycles. The molecule has 98 valence electrons. The second kappa shape index (κ2) is 4.86. The van der Waals surface area contributed by atoms with Gasteiger partial charge in [0.05, 0.1) is 11.6 Å². The largest absolute Gasteiger partial charge is 0.398 e. The van der Waals surface area contributed by atoms with E-state index in [1.807, 2.05) is 24.3 Å². The molecule has 1 unspecified atom stereocenters. The first-order valence-electron chi connectivity index (χ1n) is 6.12. The minimum atomic E-state index is -0.548. The Labute approximate surface area is 106 Å². The molecule has 1 atom stereocenters. The molecule has 18 heavy (non-hydrogen) atoms. The number of carbonyl (C=O) groups excluding carboxylic acids is 1. The van der Waals surface area contributed by atoms with Gasteiger partial charge in [-0.05, 0) is 25.8 Å². The Hall–Kier alpha value is -1.75. The molecule has 1 fully saturated rings. The van der Waals surface area contributed by atoms with Gasteiger partial charge >= 0.3 is 6.03 Å². The number of rotatable bonds is 4. The molecule has 2 amide bonds. The molecule has 1 aliphatic rings. The zero-order valence-corrected chi connectivity index (χ0v) is 10.4. The summed E-state index contributed by atoms with van der Waals surface area (Å²) in [6.07, 6.45) is 1.24. The number of amides is 2. The van der Waals surface area contributed by atoms with Crippen LogP contribution in [-0.4, -0.2) is 23.8 Å². The third-order valence-electron chi connectivity index (χ3n) is 3.14. The third kappa shape index (κ3) is 2.73. The van der Waals surface area contributed by atoms with Gasteiger partial charge in [0.25, 0.3) is 0 Å². The number of carbonyl (C=O) groups is 1. The number of aliphatic hydroxyl groups excluding tert-OH is 1. The van der Waals surface area contributed by atoms with Crippen LogP contribution in [0.5, 0.6) is 0 Å². The highest BCUT2D eigenvalue weighted by Gasteiger charge is 2.46. The van der Waals surface area contributed by atoms with Crippen molar-refractivity contribution in [3.05, 3.63) is 29.8 Å². The predicted molar refractivity (Wildman–Crippen MR) is 70.0 cm³/mol. The maximum absolute atomic E-state index is 11.7. The highest BCUT2D eigenvalue weighted by atomic mass is 16.3. The van der Waals surface area contributed by atoms with Crippen LogP contribution in [0.2, 0.25) is 0 Å². The quantitative estimate of drug-likeness (QED) is 0.599. The van der Waals surface area contributed by atoms with E-state index in [9.17, 15) is 4.79 Å². The van der Waals surface area contributed by atoms with E-state index >= 15 is 0 Å². The molecule has 2 rings (SSSR count). The van der Waals surface area contributed by atoms with Crippen molar-refractivity contribution >= 4 is 11.7 Å². The molecule has 1 aromatic carbocycles. The Morgan fingerprint density at radius 3 is 2.72 bits per heavy atom. The second-order valence-electron chi connectivity index (χ2n) is 4.85. The van der Waals surface area contributed by atoms with Crippen LogP contribution in [-0.2, 0) is 5.54 Å². The Morgan fingerprint density at radius 2 is 2.17 bits per heavy atom. The van der Waals surface area contributed by atoms with Crippen molar-refractivity contribution in [3.63, 3.8) is 0 Å². The molecular weight excluding hydrogens is 230 g/mol. The number of nitrogen functional groups attached to an aromatic ring is 1. The first-order chi connectivity index (χ1) is 8.53. The predicted octanol–water partition coefficient (Wildman–Crippen LogP) is 0.938. The maximum Gasteiger partial charge on any atom is 0.315 e. The Kier molecular flexibility index (Phi) is 3.43. The molecule has 5 heteroatoms. The van der Waals surface area contributed by atoms with E-state index in [-0.39, 0.29) is 18.1 Å². The van der Waals surface area contributed by atoms with E-state index in [0.29, 0.717) is 5.69 Å². The van der Waals surface area contributed by atoms with Crippen molar-refractivity contribution in [2.75, 3.05) is 12.3 Å². The smallest absolute Gasteiger partial charge is 0.315 e. The molecule has 1 aromatic rings. The van der Waals surface area contributed by atoms with Crippen molar-refractivity contribution < 1.29 is 9.90 Å². The fourth-order valence-electron chi connectivity index (χ4n) is 2.02. The van der Waals surface area contributed by atoms with Gasteiger partial charge in [-0.1, -0.05) is 18.2 Å². The molecule has 1 aliphatic carbocycles. The van der Waals surface area contributed by atoms with E-state index in [1.165, 1.54) is 0 Å². The number of para-hydroxylation sites is 1. The summed E-state index contributed by atoms with van der Waals surface area (Å²) in [6, 6.07) is 7.31. The molecular formula is C13H19N3O2. The molecule has 0 aromatic heterocycles. The fourth-order valence-corrected chi connectivity index (χ4v) is 2.02. The van der Waals surface area contributed by atoms with Gasteiger partial charge in [0, 0.05) is 17.8 Å². The second-order valence-corrected chi connectivity index (χ2v) is 4.85. The van der Waals surface area contributed by atoms with Crippen molar-refractivity contribution in [1.82, 2.24) is 10.6 Å². The standard InChI is InChI=1S/C13H19N3O2/c1-9(17)8-15-12(18)16-13(6-7-13)10-4-2-3-5-11(10)14/h2-5,9,17H,6-8,14H2,1H3,(H2,15,16,18). The number of nitrogens with one attached hydrogen (secondary N) is 2. The van der Waals surface area contributed by atoms with Gasteiger partial charge in [-0.2, -0.15) is 0 Å². The molecule has 0 aliphatic heterocycles. The summed E-state index contributed by atoms with van der Waals surface area (Å²) < 4.78 is 0. The average Bonchev–Trinajstić information content (AvgIpc) is 3.08. The van der Waals surface area contributed by atoms with Gasteiger partial charge in [-0.25, -0.2) is 4.79 Å². The van der Waals surface area contributed by atoms with Crippen molar-refractivity contribution in [1.29, 1.82) is 0 Å². The van der Waals surface area contributed by atoms with Crippen LogP contribution in [0.15, 0.2) is 24.3 Å². The molecule has 5 N–H and O–H groups in total. The number of aliphatic hydroxyl groups is 1. The number of anilines is 1. The summed E-state index contributed by atoms with van der Waals surface area (Å²) in [7, 11) is 0. The number of hydrogen-bond donors (Lipinski definition) is 4. The minimum Gasteiger partial charge on any atom is -0.398 e. The minimum absolute atomic E-state index is 0.242. The molecule has 5 nitrogen and oxygen atoms in total. The lowest BCUT2D eigenvalue weighted by Gasteiger charge is -2.20. The summed E-state index contributed by atoms with van der Waals surface area (Å²) in [5.74, 6) is 0. The molecule has 0 spiro atoms. The van der Waals surface area contributed by atoms with Crippen molar-refractivity contribution in [2.24, 2.45) is 0 Å². The number of hydrogen-bond acceptors (Lipinski definition) is 3. The van der Waals surface area contributed by atoms with Crippen LogP contribution < -0.4 is 16.4 Å². The van der Waals surface area contributed by atoms with Gasteiger partial charge < -0.3 is 21.5 Å². The van der Waals surface area contributed by atoms with Crippen LogP contribution in [0.1, 0.15) is 25.3 Å². The Bertz CT molecular complexity index is 442. The van der Waals surface area contributed by atoms with Crippen LogP contribution in [0.25, 0.3) is 0 Å². The maximum atomic E-state index is 11.7.